The Labute approximate surface area is 121 Å². The van der Waals surface area contributed by atoms with E-state index in [1.807, 2.05) is 0 Å². The lowest BCUT2D eigenvalue weighted by molar-refractivity contribution is 0.427. The second-order valence-electron chi connectivity index (χ2n) is 5.35. The molecule has 1 aliphatic carbocycles. The number of anilines is 1. The third-order valence-electron chi connectivity index (χ3n) is 3.93. The minimum Gasteiger partial charge on any atom is -0.456 e. The molecule has 3 rings (SSSR count). The monoisotopic (exact) mass is 267 g/mol. The number of nitrogens with zero attached hydrogens (tertiary/aromatic N) is 1. The predicted molar refractivity (Wildman–Crippen MR) is 85.0 cm³/mol. The van der Waals surface area contributed by atoms with Crippen molar-refractivity contribution in [3.05, 3.63) is 53.3 Å². The van der Waals surface area contributed by atoms with Crippen LogP contribution in [-0.4, -0.2) is 13.1 Å². The summed E-state index contributed by atoms with van der Waals surface area (Å²) in [4.78, 5) is 2.33. The minimum atomic E-state index is 0.440. The molecule has 0 fully saturated rings. The van der Waals surface area contributed by atoms with E-state index in [-0.39, 0.29) is 0 Å². The first-order chi connectivity index (χ1) is 9.71. The van der Waals surface area contributed by atoms with Gasteiger partial charge in [0, 0.05) is 36.0 Å². The van der Waals surface area contributed by atoms with Crippen LogP contribution >= 0.6 is 0 Å². The standard InChI is InChI=1S/C18H21NO/c1-4-19(5-2)16-9-8-15-11-14-7-6-13(3)10-17(14)20-18(15)12-16/h6-13H,4-5H2,1-3H3. The molecule has 0 spiro atoms. The highest BCUT2D eigenvalue weighted by Gasteiger charge is 2.19. The first kappa shape index (κ1) is 13.0. The number of hydrogen-bond donors (Lipinski definition) is 0. The number of fused-ring (bicyclic) bond motifs is 2. The van der Waals surface area contributed by atoms with Gasteiger partial charge in [-0.3, -0.25) is 0 Å². The van der Waals surface area contributed by atoms with Crippen molar-refractivity contribution in [3.63, 3.8) is 0 Å². The van der Waals surface area contributed by atoms with E-state index in [9.17, 15) is 0 Å². The van der Waals surface area contributed by atoms with E-state index in [0.29, 0.717) is 5.92 Å². The smallest absolute Gasteiger partial charge is 0.136 e. The minimum absolute atomic E-state index is 0.440. The molecule has 0 bridgehead atoms. The van der Waals surface area contributed by atoms with Crippen molar-refractivity contribution < 1.29 is 4.74 Å². The summed E-state index contributed by atoms with van der Waals surface area (Å²) in [6, 6.07) is 6.48. The Morgan fingerprint density at radius 1 is 1.20 bits per heavy atom. The molecule has 2 nitrogen and oxygen atoms in total. The second kappa shape index (κ2) is 5.20. The van der Waals surface area contributed by atoms with E-state index in [2.05, 4.69) is 68.2 Å². The average molecular weight is 267 g/mol. The van der Waals surface area contributed by atoms with Crippen molar-refractivity contribution in [3.8, 4) is 5.75 Å². The van der Waals surface area contributed by atoms with E-state index >= 15 is 0 Å². The fourth-order valence-corrected chi connectivity index (χ4v) is 2.74. The summed E-state index contributed by atoms with van der Waals surface area (Å²) in [7, 11) is 0. The summed E-state index contributed by atoms with van der Waals surface area (Å²) >= 11 is 0. The molecule has 0 saturated carbocycles. The molecule has 1 aromatic carbocycles. The Hall–Kier alpha value is -1.96. The topological polar surface area (TPSA) is 12.5 Å². The third kappa shape index (κ3) is 2.26. The highest BCUT2D eigenvalue weighted by atomic mass is 16.5. The van der Waals surface area contributed by atoms with Crippen LogP contribution in [0.25, 0.3) is 6.08 Å². The summed E-state index contributed by atoms with van der Waals surface area (Å²) in [6.07, 6.45) is 8.74. The van der Waals surface area contributed by atoms with Crippen molar-refractivity contribution >= 4 is 11.8 Å². The molecule has 20 heavy (non-hydrogen) atoms. The van der Waals surface area contributed by atoms with Crippen LogP contribution in [-0.2, 0) is 0 Å². The number of rotatable bonds is 3. The Morgan fingerprint density at radius 3 is 2.75 bits per heavy atom. The summed E-state index contributed by atoms with van der Waals surface area (Å²) in [5.74, 6) is 2.39. The largest absolute Gasteiger partial charge is 0.456 e. The summed E-state index contributed by atoms with van der Waals surface area (Å²) in [5.41, 5.74) is 3.56. The van der Waals surface area contributed by atoms with Crippen molar-refractivity contribution in [2.75, 3.05) is 18.0 Å². The van der Waals surface area contributed by atoms with Gasteiger partial charge in [-0.2, -0.15) is 0 Å². The molecule has 0 radical (unpaired) electrons. The lowest BCUT2D eigenvalue weighted by Gasteiger charge is -2.26. The highest BCUT2D eigenvalue weighted by Crippen LogP contribution is 2.37. The van der Waals surface area contributed by atoms with Crippen LogP contribution in [0, 0.1) is 5.92 Å². The van der Waals surface area contributed by atoms with Crippen LogP contribution in [0.5, 0.6) is 5.75 Å². The molecule has 1 unspecified atom stereocenters. The molecular weight excluding hydrogens is 246 g/mol. The van der Waals surface area contributed by atoms with Crippen LogP contribution in [0.4, 0.5) is 5.69 Å². The van der Waals surface area contributed by atoms with Gasteiger partial charge in [-0.15, -0.1) is 0 Å². The molecule has 1 aliphatic heterocycles. The fourth-order valence-electron chi connectivity index (χ4n) is 2.74. The van der Waals surface area contributed by atoms with Gasteiger partial charge in [0.05, 0.1) is 0 Å². The summed E-state index contributed by atoms with van der Waals surface area (Å²) in [6.45, 7) is 8.55. The molecular formula is C18H21NO. The summed E-state index contributed by atoms with van der Waals surface area (Å²) in [5, 5.41) is 0. The zero-order chi connectivity index (χ0) is 14.1. The Morgan fingerprint density at radius 2 is 2.00 bits per heavy atom. The molecule has 104 valence electrons. The maximum absolute atomic E-state index is 6.10. The van der Waals surface area contributed by atoms with Crippen molar-refractivity contribution in [2.45, 2.75) is 20.8 Å². The van der Waals surface area contributed by atoms with Crippen LogP contribution in [0.1, 0.15) is 26.3 Å². The van der Waals surface area contributed by atoms with E-state index in [0.717, 1.165) is 30.2 Å². The van der Waals surface area contributed by atoms with Gasteiger partial charge in [-0.05, 0) is 44.1 Å². The first-order valence-corrected chi connectivity index (χ1v) is 7.40. The zero-order valence-electron chi connectivity index (χ0n) is 12.4. The van der Waals surface area contributed by atoms with Gasteiger partial charge >= 0.3 is 0 Å². The highest BCUT2D eigenvalue weighted by molar-refractivity contribution is 5.72. The Kier molecular flexibility index (Phi) is 3.39. The first-order valence-electron chi connectivity index (χ1n) is 7.40. The summed E-state index contributed by atoms with van der Waals surface area (Å²) < 4.78 is 6.10. The number of hydrogen-bond acceptors (Lipinski definition) is 2. The van der Waals surface area contributed by atoms with Crippen molar-refractivity contribution in [1.29, 1.82) is 0 Å². The maximum atomic E-state index is 6.10. The van der Waals surface area contributed by atoms with Crippen LogP contribution < -0.4 is 9.64 Å². The van der Waals surface area contributed by atoms with E-state index in [4.69, 9.17) is 4.74 Å². The normalized spacial score (nSPS) is 19.4. The lowest BCUT2D eigenvalue weighted by Crippen LogP contribution is -2.22. The fraction of sp³-hybridized carbons (Fsp3) is 0.333. The molecule has 0 amide bonds. The molecule has 0 N–H and O–H groups in total. The van der Waals surface area contributed by atoms with Crippen LogP contribution in [0.3, 0.4) is 0 Å². The Balaban J connectivity index is 1.99. The van der Waals surface area contributed by atoms with Crippen molar-refractivity contribution in [1.82, 2.24) is 0 Å². The molecule has 1 atom stereocenters. The van der Waals surface area contributed by atoms with E-state index in [1.165, 1.54) is 11.3 Å². The van der Waals surface area contributed by atoms with Gasteiger partial charge < -0.3 is 9.64 Å². The zero-order valence-corrected chi connectivity index (χ0v) is 12.4. The van der Waals surface area contributed by atoms with Crippen LogP contribution in [0.15, 0.2) is 47.8 Å². The average Bonchev–Trinajstić information content (AvgIpc) is 2.46. The van der Waals surface area contributed by atoms with Gasteiger partial charge in [0.25, 0.3) is 0 Å². The molecule has 2 heteroatoms. The molecule has 2 aliphatic rings. The molecule has 1 aromatic rings. The SMILES string of the molecule is CCN(CC)c1ccc2c(c1)OC1=CC(C)C=CC1=C2. The van der Waals surface area contributed by atoms with Gasteiger partial charge in [-0.1, -0.05) is 19.1 Å². The lowest BCUT2D eigenvalue weighted by atomic mass is 9.96. The van der Waals surface area contributed by atoms with E-state index in [1.54, 1.807) is 0 Å². The number of benzene rings is 1. The molecule has 0 saturated heterocycles. The van der Waals surface area contributed by atoms with Crippen molar-refractivity contribution in [2.24, 2.45) is 5.92 Å². The number of ether oxygens (including phenoxy) is 1. The quantitative estimate of drug-likeness (QED) is 0.805. The van der Waals surface area contributed by atoms with E-state index < -0.39 is 0 Å². The van der Waals surface area contributed by atoms with Gasteiger partial charge in [0.15, 0.2) is 0 Å². The molecule has 1 heterocycles. The van der Waals surface area contributed by atoms with Gasteiger partial charge in [-0.25, -0.2) is 0 Å². The van der Waals surface area contributed by atoms with Crippen LogP contribution in [0.2, 0.25) is 0 Å². The Bertz CT molecular complexity index is 606. The van der Waals surface area contributed by atoms with Gasteiger partial charge in [0.1, 0.15) is 11.5 Å². The number of allylic oxidation sites excluding steroid dienone is 3. The predicted octanol–water partition coefficient (Wildman–Crippen LogP) is 4.40. The van der Waals surface area contributed by atoms with Gasteiger partial charge in [0.2, 0.25) is 0 Å². The maximum Gasteiger partial charge on any atom is 0.136 e. The second-order valence-corrected chi connectivity index (χ2v) is 5.35. The molecule has 0 aromatic heterocycles. The third-order valence-corrected chi connectivity index (χ3v) is 3.93.